The predicted octanol–water partition coefficient (Wildman–Crippen LogP) is 7.21. The Bertz CT molecular complexity index is 1040. The Hall–Kier alpha value is -2.32. The van der Waals surface area contributed by atoms with Crippen LogP contribution >= 0.6 is 0 Å². The molecule has 0 amide bonds. The van der Waals surface area contributed by atoms with Gasteiger partial charge in [0.15, 0.2) is 0 Å². The number of hydrogen-bond donors (Lipinski definition) is 0. The van der Waals surface area contributed by atoms with Crippen LogP contribution in [0.3, 0.4) is 0 Å². The van der Waals surface area contributed by atoms with Crippen molar-refractivity contribution in [2.75, 3.05) is 0 Å². The van der Waals surface area contributed by atoms with E-state index >= 15 is 0 Å². The molecule has 0 atom stereocenters. The zero-order valence-corrected chi connectivity index (χ0v) is 23.3. The van der Waals surface area contributed by atoms with E-state index in [1.807, 2.05) is 0 Å². The molecule has 0 fully saturated rings. The van der Waals surface area contributed by atoms with Gasteiger partial charge in [0, 0.05) is 0 Å². The van der Waals surface area contributed by atoms with Gasteiger partial charge in [0.25, 0.3) is 0 Å². The van der Waals surface area contributed by atoms with Crippen LogP contribution in [0.25, 0.3) is 0 Å². The van der Waals surface area contributed by atoms with Crippen LogP contribution in [0.4, 0.5) is 0 Å². The van der Waals surface area contributed by atoms with Gasteiger partial charge in [0.2, 0.25) is 0 Å². The van der Waals surface area contributed by atoms with Crippen LogP contribution in [-0.4, -0.2) is 18.4 Å². The third-order valence-electron chi connectivity index (χ3n) is 7.25. The van der Waals surface area contributed by atoms with Crippen molar-refractivity contribution in [2.24, 2.45) is 0 Å². The monoisotopic (exact) mass is 540 g/mol. The van der Waals surface area contributed by atoms with Crippen LogP contribution in [-0.2, 0) is 10.8 Å². The van der Waals surface area contributed by atoms with Crippen LogP contribution in [0, 0.1) is 0 Å². The van der Waals surface area contributed by atoms with Crippen molar-refractivity contribution in [2.45, 2.75) is 47.4 Å². The fourth-order valence-electron chi connectivity index (χ4n) is 5.64. The second-order valence-electron chi connectivity index (χ2n) is 10.7. The molecule has 168 valence electrons. The van der Waals surface area contributed by atoms with Gasteiger partial charge in [-0.05, 0) is 0 Å². The zero-order chi connectivity index (χ0) is 23.4. The number of hydrogen-bond acceptors (Lipinski definition) is 0. The molecule has 4 rings (SSSR count). The molecule has 0 aliphatic rings. The second kappa shape index (κ2) is 9.89. The molecule has 1 heteroatoms. The summed E-state index contributed by atoms with van der Waals surface area (Å²) in [4.78, 5) is 0. The third-order valence-corrected chi connectivity index (χ3v) is 24.0. The molecule has 0 saturated carbocycles. The molecular weight excluding hydrogens is 503 g/mol. The molecule has 0 heterocycles. The Kier molecular flexibility index (Phi) is 7.14. The van der Waals surface area contributed by atoms with Crippen LogP contribution in [0.2, 0.25) is 8.87 Å². The summed E-state index contributed by atoms with van der Waals surface area (Å²) in [6, 6.07) is 45.3. The molecule has 0 radical (unpaired) electrons. The average Bonchev–Trinajstić information content (AvgIpc) is 2.85. The van der Waals surface area contributed by atoms with E-state index in [9.17, 15) is 0 Å². The van der Waals surface area contributed by atoms with E-state index in [-0.39, 0.29) is 10.8 Å². The molecule has 0 aliphatic heterocycles. The van der Waals surface area contributed by atoms with E-state index in [1.165, 1.54) is 20.0 Å². The fraction of sp³-hybridized carbons (Fsp3) is 0.250. The number of rotatable bonds is 8. The molecule has 0 aliphatic carbocycles. The van der Waals surface area contributed by atoms with Gasteiger partial charge in [-0.15, -0.1) is 0 Å². The summed E-state index contributed by atoms with van der Waals surface area (Å²) in [5.41, 5.74) is 3.07. The van der Waals surface area contributed by atoms with Crippen molar-refractivity contribution >= 4 is 25.5 Å². The van der Waals surface area contributed by atoms with Crippen molar-refractivity contribution in [3.8, 4) is 0 Å². The normalized spacial score (nSPS) is 12.5. The Morgan fingerprint density at radius 1 is 0.424 bits per heavy atom. The van der Waals surface area contributed by atoms with Gasteiger partial charge in [-0.1, -0.05) is 0 Å². The predicted molar refractivity (Wildman–Crippen MR) is 146 cm³/mol. The zero-order valence-electron chi connectivity index (χ0n) is 20.5. The molecule has 0 spiro atoms. The summed E-state index contributed by atoms with van der Waals surface area (Å²) in [5, 5.41) is 0. The Balaban J connectivity index is 1.91. The van der Waals surface area contributed by atoms with Crippen molar-refractivity contribution < 1.29 is 0 Å². The van der Waals surface area contributed by atoms with E-state index in [4.69, 9.17) is 0 Å². The first-order valence-corrected chi connectivity index (χ1v) is 18.9. The average molecular weight is 539 g/mol. The Morgan fingerprint density at radius 3 is 1.00 bits per heavy atom. The molecule has 33 heavy (non-hydrogen) atoms. The maximum atomic E-state index is 2.45. The first-order chi connectivity index (χ1) is 15.8. The Labute approximate surface area is 204 Å². The molecule has 0 bridgehead atoms. The van der Waals surface area contributed by atoms with E-state index in [0.717, 1.165) is 0 Å². The van der Waals surface area contributed by atoms with Crippen molar-refractivity contribution in [3.05, 3.63) is 132 Å². The second-order valence-corrected chi connectivity index (χ2v) is 22.2. The molecule has 0 N–H and O–H groups in total. The quantitative estimate of drug-likeness (QED) is 0.208. The minimum atomic E-state index is -3.23. The van der Waals surface area contributed by atoms with E-state index in [0.29, 0.717) is 0 Å². The van der Waals surface area contributed by atoms with Gasteiger partial charge < -0.3 is 0 Å². The molecule has 0 saturated heterocycles. The fourth-order valence-corrected chi connectivity index (χ4v) is 23.8. The molecule has 0 unspecified atom stereocenters. The van der Waals surface area contributed by atoms with Gasteiger partial charge in [-0.2, -0.15) is 0 Å². The molecule has 0 aromatic heterocycles. The summed E-state index contributed by atoms with van der Waals surface area (Å²) >= 11 is -3.23. The molecule has 4 aromatic carbocycles. The minimum absolute atomic E-state index is 0.0930. The summed E-state index contributed by atoms with van der Waals surface area (Å²) in [7, 11) is 0. The maximum absolute atomic E-state index is 3.23. The van der Waals surface area contributed by atoms with E-state index in [1.54, 1.807) is 7.16 Å². The SMILES string of the molecule is CC(C)([CH2][Sn]([CH2]C(C)(C)c1ccccc1)([c]1ccccc1)[c]1ccccc1)c1ccccc1. The van der Waals surface area contributed by atoms with Crippen LogP contribution in [0.15, 0.2) is 121 Å². The number of benzene rings is 4. The molecule has 4 aromatic rings. The molecular formula is C32H36Sn. The van der Waals surface area contributed by atoms with Crippen LogP contribution < -0.4 is 7.16 Å². The summed E-state index contributed by atoms with van der Waals surface area (Å²) in [6.45, 7) is 9.82. The van der Waals surface area contributed by atoms with Gasteiger partial charge in [-0.3, -0.25) is 0 Å². The van der Waals surface area contributed by atoms with Crippen molar-refractivity contribution in [3.63, 3.8) is 0 Å². The van der Waals surface area contributed by atoms with Gasteiger partial charge in [0.1, 0.15) is 0 Å². The van der Waals surface area contributed by atoms with Gasteiger partial charge >= 0.3 is 205 Å². The topological polar surface area (TPSA) is 0 Å². The van der Waals surface area contributed by atoms with Crippen molar-refractivity contribution in [1.29, 1.82) is 0 Å². The molecule has 0 nitrogen and oxygen atoms in total. The van der Waals surface area contributed by atoms with E-state index < -0.39 is 18.4 Å². The van der Waals surface area contributed by atoms with Gasteiger partial charge in [-0.25, -0.2) is 0 Å². The Morgan fingerprint density at radius 2 is 0.697 bits per heavy atom. The first-order valence-electron chi connectivity index (χ1n) is 12.1. The van der Waals surface area contributed by atoms with Crippen molar-refractivity contribution in [1.82, 2.24) is 0 Å². The van der Waals surface area contributed by atoms with E-state index in [2.05, 4.69) is 149 Å². The van der Waals surface area contributed by atoms with Gasteiger partial charge in [0.05, 0.1) is 0 Å². The first kappa shape index (κ1) is 23.8. The summed E-state index contributed by atoms with van der Waals surface area (Å²) < 4.78 is 5.67. The van der Waals surface area contributed by atoms with Crippen LogP contribution in [0.5, 0.6) is 0 Å². The third kappa shape index (κ3) is 5.27. The summed E-state index contributed by atoms with van der Waals surface area (Å²) in [6.07, 6.45) is 0. The summed E-state index contributed by atoms with van der Waals surface area (Å²) in [5.74, 6) is 0. The van der Waals surface area contributed by atoms with Crippen LogP contribution in [0.1, 0.15) is 38.8 Å². The standard InChI is InChI=1S/2C10H13.2C6H5.Sn/c2*1-10(2,3)9-7-5-4-6-8-9;2*1-2-4-6-5-3-1;/h2*4-8H,1H2,2-3H3;2*1-5H;.